The van der Waals surface area contributed by atoms with E-state index >= 15 is 0 Å². The zero-order chi connectivity index (χ0) is 19.8. The van der Waals surface area contributed by atoms with Gasteiger partial charge >= 0.3 is 11.9 Å². The van der Waals surface area contributed by atoms with Crippen molar-refractivity contribution in [3.05, 3.63) is 0 Å². The molecule has 0 aliphatic rings. The molecule has 0 aromatic rings. The molecule has 0 amide bonds. The summed E-state index contributed by atoms with van der Waals surface area (Å²) in [6.07, 6.45) is 15.1. The number of rotatable bonds is 16. The van der Waals surface area contributed by atoms with Gasteiger partial charge in [0.25, 0.3) is 0 Å². The molecule has 0 radical (unpaired) electrons. The molecule has 2 atom stereocenters. The van der Waals surface area contributed by atoms with Crippen LogP contribution in [0.4, 0.5) is 0 Å². The fraction of sp³-hybridized carbons (Fsp3) is 0.905. The molecule has 0 fully saturated rings. The lowest BCUT2D eigenvalue weighted by molar-refractivity contribution is -0.176. The molecule has 26 heavy (non-hydrogen) atoms. The Kier molecular flexibility index (Phi) is 14.4. The van der Waals surface area contributed by atoms with Gasteiger partial charge in [-0.3, -0.25) is 4.79 Å². The maximum absolute atomic E-state index is 11.9. The van der Waals surface area contributed by atoms with Gasteiger partial charge in [0.1, 0.15) is 0 Å². The second-order valence-electron chi connectivity index (χ2n) is 7.39. The van der Waals surface area contributed by atoms with Crippen LogP contribution in [0.3, 0.4) is 0 Å². The van der Waals surface area contributed by atoms with Crippen LogP contribution in [0.2, 0.25) is 0 Å². The van der Waals surface area contributed by atoms with Crippen molar-refractivity contribution in [3.8, 4) is 0 Å². The highest BCUT2D eigenvalue weighted by molar-refractivity contribution is 5.87. The van der Waals surface area contributed by atoms with Crippen LogP contribution in [0.5, 0.6) is 0 Å². The van der Waals surface area contributed by atoms with Gasteiger partial charge in [0.05, 0.1) is 20.1 Å². The predicted molar refractivity (Wildman–Crippen MR) is 104 cm³/mol. The van der Waals surface area contributed by atoms with Gasteiger partial charge < -0.3 is 14.6 Å². The van der Waals surface area contributed by atoms with Crippen LogP contribution in [0.15, 0.2) is 0 Å². The van der Waals surface area contributed by atoms with Gasteiger partial charge in [0.15, 0.2) is 5.60 Å². The van der Waals surface area contributed by atoms with Crippen molar-refractivity contribution < 1.29 is 24.2 Å². The number of hydrogen-bond acceptors (Lipinski definition) is 5. The Hall–Kier alpha value is -1.10. The normalized spacial score (nSPS) is 14.5. The molecule has 0 aromatic heterocycles. The van der Waals surface area contributed by atoms with Crippen molar-refractivity contribution in [2.75, 3.05) is 14.2 Å². The lowest BCUT2D eigenvalue weighted by atomic mass is 9.84. The quantitative estimate of drug-likeness (QED) is 0.311. The molecule has 0 aliphatic carbocycles. The number of esters is 2. The van der Waals surface area contributed by atoms with Crippen molar-refractivity contribution >= 4 is 11.9 Å². The van der Waals surface area contributed by atoms with Gasteiger partial charge in [0, 0.05) is 0 Å². The molecule has 0 aliphatic heterocycles. The zero-order valence-electron chi connectivity index (χ0n) is 17.3. The van der Waals surface area contributed by atoms with Gasteiger partial charge in [-0.25, -0.2) is 4.79 Å². The van der Waals surface area contributed by atoms with Crippen LogP contribution in [0.1, 0.15) is 97.3 Å². The third kappa shape index (κ3) is 10.1. The molecule has 154 valence electrons. The fourth-order valence-corrected chi connectivity index (χ4v) is 3.31. The van der Waals surface area contributed by atoms with Crippen molar-refractivity contribution in [1.82, 2.24) is 0 Å². The van der Waals surface area contributed by atoms with Crippen LogP contribution >= 0.6 is 0 Å². The van der Waals surface area contributed by atoms with E-state index in [0.717, 1.165) is 19.3 Å². The average Bonchev–Trinajstić information content (AvgIpc) is 2.64. The molecule has 0 heterocycles. The van der Waals surface area contributed by atoms with E-state index in [9.17, 15) is 14.7 Å². The highest BCUT2D eigenvalue weighted by Gasteiger charge is 2.45. The predicted octanol–water partition coefficient (Wildman–Crippen LogP) is 4.79. The summed E-state index contributed by atoms with van der Waals surface area (Å²) in [5.74, 6) is -2.25. The summed E-state index contributed by atoms with van der Waals surface area (Å²) in [6.45, 7) is 3.56. The summed E-state index contributed by atoms with van der Waals surface area (Å²) in [5, 5.41) is 10.3. The summed E-state index contributed by atoms with van der Waals surface area (Å²) in [7, 11) is 2.47. The Morgan fingerprint density at radius 2 is 1.23 bits per heavy atom. The van der Waals surface area contributed by atoms with Crippen LogP contribution in [-0.4, -0.2) is 36.9 Å². The lowest BCUT2D eigenvalue weighted by Crippen LogP contribution is -2.47. The van der Waals surface area contributed by atoms with Gasteiger partial charge in [-0.15, -0.1) is 0 Å². The zero-order valence-corrected chi connectivity index (χ0v) is 17.3. The lowest BCUT2D eigenvalue weighted by Gasteiger charge is -2.28. The second-order valence-corrected chi connectivity index (χ2v) is 7.39. The largest absolute Gasteiger partial charge is 0.469 e. The minimum atomic E-state index is -1.85. The van der Waals surface area contributed by atoms with E-state index in [2.05, 4.69) is 11.7 Å². The van der Waals surface area contributed by atoms with Crippen molar-refractivity contribution in [2.24, 2.45) is 5.92 Å². The molecule has 0 saturated heterocycles. The SMILES string of the molecule is CCCCCCCCCCCCCC[C@H](C(=O)OC)[C@@](C)(O)C(=O)OC. The average molecular weight is 373 g/mol. The minimum Gasteiger partial charge on any atom is -0.469 e. The minimum absolute atomic E-state index is 0.423. The van der Waals surface area contributed by atoms with Gasteiger partial charge in [0.2, 0.25) is 0 Å². The molecule has 5 nitrogen and oxygen atoms in total. The standard InChI is InChI=1S/C21H40O5/c1-5-6-7-8-9-10-11-12-13-14-15-16-17-18(19(22)25-3)21(2,24)20(23)26-4/h18,24H,5-17H2,1-4H3/t18-,21-/m1/s1. The molecular weight excluding hydrogens is 332 g/mol. The molecule has 0 spiro atoms. The number of carbonyl (C=O) groups excluding carboxylic acids is 2. The van der Waals surface area contributed by atoms with Crippen LogP contribution in [0.25, 0.3) is 0 Å². The van der Waals surface area contributed by atoms with E-state index in [1.807, 2.05) is 0 Å². The Morgan fingerprint density at radius 1 is 0.808 bits per heavy atom. The van der Waals surface area contributed by atoms with Crippen molar-refractivity contribution in [2.45, 2.75) is 103 Å². The monoisotopic (exact) mass is 372 g/mol. The number of unbranched alkanes of at least 4 members (excludes halogenated alkanes) is 11. The molecule has 5 heteroatoms. The van der Waals surface area contributed by atoms with E-state index in [-0.39, 0.29) is 0 Å². The molecule has 0 saturated carbocycles. The maximum Gasteiger partial charge on any atom is 0.338 e. The number of hydrogen-bond donors (Lipinski definition) is 1. The summed E-state index contributed by atoms with van der Waals surface area (Å²) >= 11 is 0. The molecule has 0 bridgehead atoms. The summed E-state index contributed by atoms with van der Waals surface area (Å²) in [4.78, 5) is 23.7. The molecule has 0 aromatic carbocycles. The number of ether oxygens (including phenoxy) is 2. The van der Waals surface area contributed by atoms with E-state index in [0.29, 0.717) is 6.42 Å². The molecular formula is C21H40O5. The Bertz CT molecular complexity index is 379. The number of methoxy groups -OCH3 is 2. The van der Waals surface area contributed by atoms with Crippen molar-refractivity contribution in [3.63, 3.8) is 0 Å². The Balaban J connectivity index is 3.90. The number of aliphatic hydroxyl groups is 1. The first kappa shape index (κ1) is 24.9. The first-order valence-electron chi connectivity index (χ1n) is 10.3. The molecule has 1 N–H and O–H groups in total. The van der Waals surface area contributed by atoms with Crippen molar-refractivity contribution in [1.29, 1.82) is 0 Å². The summed E-state index contributed by atoms with van der Waals surface area (Å²) in [6, 6.07) is 0. The van der Waals surface area contributed by atoms with E-state index in [4.69, 9.17) is 4.74 Å². The maximum atomic E-state index is 11.9. The Morgan fingerprint density at radius 3 is 1.62 bits per heavy atom. The van der Waals surface area contributed by atoms with E-state index in [1.165, 1.54) is 78.9 Å². The number of carbonyl (C=O) groups is 2. The van der Waals surface area contributed by atoms with Crippen LogP contribution in [0, 0.1) is 5.92 Å². The first-order chi connectivity index (χ1) is 12.4. The second kappa shape index (κ2) is 15.0. The van der Waals surface area contributed by atoms with E-state index < -0.39 is 23.5 Å². The van der Waals surface area contributed by atoms with Gasteiger partial charge in [-0.05, 0) is 13.3 Å². The highest BCUT2D eigenvalue weighted by Crippen LogP contribution is 2.26. The Labute approximate surface area is 159 Å². The van der Waals surface area contributed by atoms with Crippen LogP contribution in [-0.2, 0) is 19.1 Å². The summed E-state index contributed by atoms with van der Waals surface area (Å²) in [5.41, 5.74) is -1.85. The highest BCUT2D eigenvalue weighted by atomic mass is 16.5. The first-order valence-corrected chi connectivity index (χ1v) is 10.3. The topological polar surface area (TPSA) is 72.8 Å². The smallest absolute Gasteiger partial charge is 0.338 e. The molecule has 0 unspecified atom stereocenters. The summed E-state index contributed by atoms with van der Waals surface area (Å²) < 4.78 is 9.35. The molecule has 0 rings (SSSR count). The third-order valence-electron chi connectivity index (χ3n) is 5.11. The van der Waals surface area contributed by atoms with Gasteiger partial charge in [-0.2, -0.15) is 0 Å². The van der Waals surface area contributed by atoms with Crippen LogP contribution < -0.4 is 0 Å². The third-order valence-corrected chi connectivity index (χ3v) is 5.11. The van der Waals surface area contributed by atoms with E-state index in [1.54, 1.807) is 0 Å². The van der Waals surface area contributed by atoms with Gasteiger partial charge in [-0.1, -0.05) is 84.0 Å². The fourth-order valence-electron chi connectivity index (χ4n) is 3.31.